The molecule has 3 nitrogen and oxygen atoms in total. The standard InChI is InChI=1S/C15H22N2O.2C2H6/c1-12(18)14-3-5-15(6-4-14)16-11-13-7-9-17(2)10-8-13;2*1-2/h3-6,13,16H,7-11H2,1-2H3;2*1-2H3. The van der Waals surface area contributed by atoms with Gasteiger partial charge in [-0.3, -0.25) is 4.79 Å². The summed E-state index contributed by atoms with van der Waals surface area (Å²) in [6.07, 6.45) is 2.55. The van der Waals surface area contributed by atoms with E-state index in [9.17, 15) is 4.79 Å². The lowest BCUT2D eigenvalue weighted by atomic mass is 9.97. The maximum absolute atomic E-state index is 11.2. The molecule has 1 heterocycles. The first-order valence-electron chi connectivity index (χ1n) is 8.68. The molecule has 1 aromatic carbocycles. The molecule has 1 fully saturated rings. The van der Waals surface area contributed by atoms with Crippen LogP contribution in [0.3, 0.4) is 0 Å². The van der Waals surface area contributed by atoms with E-state index in [4.69, 9.17) is 0 Å². The van der Waals surface area contributed by atoms with Crippen LogP contribution in [0.1, 0.15) is 57.8 Å². The highest BCUT2D eigenvalue weighted by atomic mass is 16.1. The lowest BCUT2D eigenvalue weighted by molar-refractivity contribution is 0.101. The van der Waals surface area contributed by atoms with E-state index in [2.05, 4.69) is 17.3 Å². The minimum Gasteiger partial charge on any atom is -0.385 e. The van der Waals surface area contributed by atoms with Crippen molar-refractivity contribution in [3.63, 3.8) is 0 Å². The maximum atomic E-state index is 11.2. The molecule has 0 radical (unpaired) electrons. The number of carbonyl (C=O) groups excluding carboxylic acids is 1. The second kappa shape index (κ2) is 12.2. The van der Waals surface area contributed by atoms with Crippen LogP contribution < -0.4 is 5.32 Å². The van der Waals surface area contributed by atoms with Crippen LogP contribution in [0.5, 0.6) is 0 Å². The van der Waals surface area contributed by atoms with Crippen molar-refractivity contribution in [3.05, 3.63) is 29.8 Å². The molecule has 0 aliphatic carbocycles. The van der Waals surface area contributed by atoms with Gasteiger partial charge in [-0.1, -0.05) is 27.7 Å². The van der Waals surface area contributed by atoms with Crippen molar-refractivity contribution < 1.29 is 4.79 Å². The summed E-state index contributed by atoms with van der Waals surface area (Å²) in [4.78, 5) is 13.6. The number of ketones is 1. The van der Waals surface area contributed by atoms with Gasteiger partial charge in [-0.15, -0.1) is 0 Å². The Labute approximate surface area is 137 Å². The van der Waals surface area contributed by atoms with E-state index in [0.717, 1.165) is 23.7 Å². The molecule has 1 saturated heterocycles. The minimum atomic E-state index is 0.122. The molecule has 0 aromatic heterocycles. The molecular weight excluding hydrogens is 272 g/mol. The number of likely N-dealkylation sites (tertiary alicyclic amines) is 1. The number of benzene rings is 1. The third kappa shape index (κ3) is 7.60. The molecule has 0 amide bonds. The topological polar surface area (TPSA) is 32.3 Å². The maximum Gasteiger partial charge on any atom is 0.159 e. The first kappa shape index (κ1) is 20.6. The van der Waals surface area contributed by atoms with E-state index in [1.807, 2.05) is 52.0 Å². The Balaban J connectivity index is 0.00000102. The zero-order valence-corrected chi connectivity index (χ0v) is 15.3. The molecule has 1 N–H and O–H groups in total. The molecule has 1 aromatic rings. The summed E-state index contributed by atoms with van der Waals surface area (Å²) >= 11 is 0. The summed E-state index contributed by atoms with van der Waals surface area (Å²) in [5.41, 5.74) is 1.89. The van der Waals surface area contributed by atoms with E-state index >= 15 is 0 Å². The predicted octanol–water partition coefficient (Wildman–Crippen LogP) is 4.70. The van der Waals surface area contributed by atoms with Crippen molar-refractivity contribution in [3.8, 4) is 0 Å². The Hall–Kier alpha value is -1.35. The van der Waals surface area contributed by atoms with Gasteiger partial charge in [-0.2, -0.15) is 0 Å². The van der Waals surface area contributed by atoms with Crippen molar-refractivity contribution in [2.45, 2.75) is 47.5 Å². The number of anilines is 1. The largest absolute Gasteiger partial charge is 0.385 e. The number of hydrogen-bond donors (Lipinski definition) is 1. The van der Waals surface area contributed by atoms with Gasteiger partial charge in [-0.05, 0) is 70.1 Å². The molecule has 126 valence electrons. The highest BCUT2D eigenvalue weighted by molar-refractivity contribution is 5.94. The third-order valence-electron chi connectivity index (χ3n) is 3.72. The van der Waals surface area contributed by atoms with E-state index in [-0.39, 0.29) is 5.78 Å². The number of carbonyl (C=O) groups is 1. The Bertz CT molecular complexity index is 392. The number of rotatable bonds is 4. The molecule has 2 rings (SSSR count). The summed E-state index contributed by atoms with van der Waals surface area (Å²) in [5.74, 6) is 0.894. The fraction of sp³-hybridized carbons (Fsp3) is 0.632. The Kier molecular flexibility index (Phi) is 11.5. The van der Waals surface area contributed by atoms with Crippen LogP contribution in [0.4, 0.5) is 5.69 Å². The lowest BCUT2D eigenvalue weighted by Crippen LogP contribution is -2.32. The number of nitrogens with one attached hydrogen (secondary N) is 1. The van der Waals surface area contributed by atoms with E-state index in [0.29, 0.717) is 0 Å². The normalized spacial score (nSPS) is 15.0. The molecular formula is C19H34N2O. The lowest BCUT2D eigenvalue weighted by Gasteiger charge is -2.29. The summed E-state index contributed by atoms with van der Waals surface area (Å²) in [5, 5.41) is 3.47. The van der Waals surface area contributed by atoms with Gasteiger partial charge in [0, 0.05) is 17.8 Å². The Morgan fingerprint density at radius 2 is 1.59 bits per heavy atom. The zero-order chi connectivity index (χ0) is 17.0. The summed E-state index contributed by atoms with van der Waals surface area (Å²) < 4.78 is 0. The fourth-order valence-corrected chi connectivity index (χ4v) is 2.35. The predicted molar refractivity (Wildman–Crippen MR) is 97.9 cm³/mol. The number of piperidine rings is 1. The molecule has 0 unspecified atom stereocenters. The van der Waals surface area contributed by atoms with Crippen molar-refractivity contribution in [2.75, 3.05) is 32.0 Å². The molecule has 0 saturated carbocycles. The van der Waals surface area contributed by atoms with Gasteiger partial charge in [-0.25, -0.2) is 0 Å². The highest BCUT2D eigenvalue weighted by Gasteiger charge is 2.15. The van der Waals surface area contributed by atoms with E-state index in [1.54, 1.807) is 6.92 Å². The van der Waals surface area contributed by atoms with Crippen LogP contribution in [-0.4, -0.2) is 37.4 Å². The molecule has 0 spiro atoms. The first-order valence-corrected chi connectivity index (χ1v) is 8.68. The average Bonchev–Trinajstić information content (AvgIpc) is 2.58. The zero-order valence-electron chi connectivity index (χ0n) is 15.3. The number of hydrogen-bond acceptors (Lipinski definition) is 3. The Morgan fingerprint density at radius 3 is 2.05 bits per heavy atom. The quantitative estimate of drug-likeness (QED) is 0.819. The number of Topliss-reactive ketones (excluding diaryl/α,β-unsaturated/α-hetero) is 1. The fourth-order valence-electron chi connectivity index (χ4n) is 2.35. The molecule has 0 atom stereocenters. The van der Waals surface area contributed by atoms with Gasteiger partial charge >= 0.3 is 0 Å². The monoisotopic (exact) mass is 306 g/mol. The first-order chi connectivity index (χ1) is 10.6. The van der Waals surface area contributed by atoms with Gasteiger partial charge in [0.25, 0.3) is 0 Å². The van der Waals surface area contributed by atoms with Crippen LogP contribution in [0.2, 0.25) is 0 Å². The summed E-state index contributed by atoms with van der Waals surface area (Å²) in [6, 6.07) is 7.76. The van der Waals surface area contributed by atoms with Gasteiger partial charge in [0.15, 0.2) is 5.78 Å². The summed E-state index contributed by atoms with van der Waals surface area (Å²) in [6.45, 7) is 13.0. The van der Waals surface area contributed by atoms with Crippen molar-refractivity contribution in [1.82, 2.24) is 4.90 Å². The van der Waals surface area contributed by atoms with E-state index in [1.165, 1.54) is 25.9 Å². The van der Waals surface area contributed by atoms with Crippen LogP contribution in [0, 0.1) is 5.92 Å². The molecule has 22 heavy (non-hydrogen) atoms. The molecule has 1 aliphatic rings. The third-order valence-corrected chi connectivity index (χ3v) is 3.72. The van der Waals surface area contributed by atoms with Crippen LogP contribution in [0.25, 0.3) is 0 Å². The Morgan fingerprint density at radius 1 is 1.09 bits per heavy atom. The van der Waals surface area contributed by atoms with Gasteiger partial charge in [0.2, 0.25) is 0 Å². The van der Waals surface area contributed by atoms with Crippen molar-refractivity contribution in [1.29, 1.82) is 0 Å². The second-order valence-electron chi connectivity index (χ2n) is 5.26. The smallest absolute Gasteiger partial charge is 0.159 e. The molecule has 3 heteroatoms. The number of nitrogens with zero attached hydrogens (tertiary/aromatic N) is 1. The van der Waals surface area contributed by atoms with Crippen LogP contribution in [-0.2, 0) is 0 Å². The average molecular weight is 306 g/mol. The highest BCUT2D eigenvalue weighted by Crippen LogP contribution is 2.17. The van der Waals surface area contributed by atoms with Gasteiger partial charge in [0.05, 0.1) is 0 Å². The van der Waals surface area contributed by atoms with Crippen molar-refractivity contribution >= 4 is 11.5 Å². The van der Waals surface area contributed by atoms with E-state index < -0.39 is 0 Å². The minimum absolute atomic E-state index is 0.122. The van der Waals surface area contributed by atoms with Gasteiger partial charge in [0.1, 0.15) is 0 Å². The van der Waals surface area contributed by atoms with Crippen LogP contribution in [0.15, 0.2) is 24.3 Å². The van der Waals surface area contributed by atoms with Crippen molar-refractivity contribution in [2.24, 2.45) is 5.92 Å². The molecule has 1 aliphatic heterocycles. The second-order valence-corrected chi connectivity index (χ2v) is 5.26. The summed E-state index contributed by atoms with van der Waals surface area (Å²) in [7, 11) is 2.18. The SMILES string of the molecule is CC.CC.CC(=O)c1ccc(NCC2CCN(C)CC2)cc1. The molecule has 0 bridgehead atoms. The van der Waals surface area contributed by atoms with Gasteiger partial charge < -0.3 is 10.2 Å². The van der Waals surface area contributed by atoms with Crippen LogP contribution >= 0.6 is 0 Å².